The quantitative estimate of drug-likeness (QED) is 0.151. The van der Waals surface area contributed by atoms with Gasteiger partial charge in [-0.15, -0.1) is 0 Å². The van der Waals surface area contributed by atoms with Gasteiger partial charge < -0.3 is 51.1 Å². The molecule has 0 unspecified atom stereocenters. The Hall–Kier alpha value is -2.11. The molecule has 0 aromatic carbocycles. The predicted molar refractivity (Wildman–Crippen MR) is 73.6 cm³/mol. The topological polar surface area (TPSA) is 288 Å². The Morgan fingerprint density at radius 1 is 0.385 bits per heavy atom. The third-order valence-electron chi connectivity index (χ3n) is 0.676. The summed E-state index contributed by atoms with van der Waals surface area (Å²) in [4.78, 5) is 45.6. The molecule has 0 aromatic rings. The number of carbonyl (C=O) groups is 5. The van der Waals surface area contributed by atoms with Crippen LogP contribution in [0.15, 0.2) is 0 Å². The van der Waals surface area contributed by atoms with Gasteiger partial charge in [0, 0.05) is 22.4 Å². The average molecular weight is 561 g/mol. The Labute approximate surface area is 160 Å². The molecular weight excluding hydrogens is 541 g/mol. The number of carboxylic acids is 5. The maximum atomic E-state index is 9.12. The average Bonchev–Trinajstić information content (AvgIpc) is 2.56. The van der Waals surface area contributed by atoms with Gasteiger partial charge >= 0.3 is 29.8 Å². The summed E-state index contributed by atoms with van der Waals surface area (Å²) < 4.78 is 0. The van der Waals surface area contributed by atoms with Gasteiger partial charge in [0.2, 0.25) is 0 Å². The molecule has 16 heteroatoms. The minimum absolute atomic E-state index is 0. The standard InChI is InChI=1S/5C2H4O3.Ta/c5*3-1-2(4)5;/h5*3H,1H2,(H,4,5);. The molecule has 0 fully saturated rings. The van der Waals surface area contributed by atoms with Crippen LogP contribution in [0, 0.1) is 0 Å². The Balaban J connectivity index is -0.0000000476. The van der Waals surface area contributed by atoms with Gasteiger partial charge in [-0.25, -0.2) is 24.0 Å². The van der Waals surface area contributed by atoms with Gasteiger partial charge in [-0.05, 0) is 0 Å². The second kappa shape index (κ2) is 34.3. The van der Waals surface area contributed by atoms with Crippen molar-refractivity contribution < 1.29 is 97.4 Å². The van der Waals surface area contributed by atoms with Crippen molar-refractivity contribution in [2.75, 3.05) is 33.0 Å². The van der Waals surface area contributed by atoms with Crippen LogP contribution in [0.2, 0.25) is 0 Å². The molecule has 0 amide bonds. The summed E-state index contributed by atoms with van der Waals surface area (Å²) in [6.45, 7) is -3.89. The summed E-state index contributed by atoms with van der Waals surface area (Å²) in [6.07, 6.45) is 0. The third-order valence-corrected chi connectivity index (χ3v) is 0.676. The minimum Gasteiger partial charge on any atom is -0.480 e. The molecular formula is C10H20O15Ta. The van der Waals surface area contributed by atoms with E-state index in [1.165, 1.54) is 0 Å². The number of hydrogen-bond donors (Lipinski definition) is 10. The first-order valence-electron chi connectivity index (χ1n) is 5.49. The Kier molecular flexibility index (Phi) is 51.6. The first kappa shape index (κ1) is 39.1. The fourth-order valence-electron chi connectivity index (χ4n) is 0. The van der Waals surface area contributed by atoms with E-state index >= 15 is 0 Å². The monoisotopic (exact) mass is 561 g/mol. The molecule has 26 heavy (non-hydrogen) atoms. The Morgan fingerprint density at radius 2 is 0.423 bits per heavy atom. The molecule has 0 aliphatic heterocycles. The van der Waals surface area contributed by atoms with Gasteiger partial charge in [0.1, 0.15) is 33.0 Å². The number of aliphatic hydroxyl groups is 5. The summed E-state index contributed by atoms with van der Waals surface area (Å²) >= 11 is 0. The van der Waals surface area contributed by atoms with Crippen LogP contribution in [0.1, 0.15) is 0 Å². The minimum atomic E-state index is -1.19. The van der Waals surface area contributed by atoms with Crippen LogP contribution in [0.25, 0.3) is 0 Å². The zero-order valence-corrected chi connectivity index (χ0v) is 16.2. The molecule has 0 bridgehead atoms. The fraction of sp³-hybridized carbons (Fsp3) is 0.500. The second-order valence-electron chi connectivity index (χ2n) is 2.76. The molecule has 0 aliphatic carbocycles. The molecule has 0 saturated heterocycles. The third kappa shape index (κ3) is 153. The van der Waals surface area contributed by atoms with Gasteiger partial charge in [-0.2, -0.15) is 0 Å². The van der Waals surface area contributed by atoms with Gasteiger partial charge in [0.05, 0.1) is 0 Å². The van der Waals surface area contributed by atoms with E-state index < -0.39 is 62.9 Å². The number of carboxylic acid groups (broad SMARTS) is 5. The van der Waals surface area contributed by atoms with Crippen LogP contribution in [0.3, 0.4) is 0 Å². The largest absolute Gasteiger partial charge is 0.480 e. The maximum absolute atomic E-state index is 9.12. The first-order valence-corrected chi connectivity index (χ1v) is 5.49. The summed E-state index contributed by atoms with van der Waals surface area (Å²) in [6, 6.07) is 0. The van der Waals surface area contributed by atoms with Crippen LogP contribution in [0.4, 0.5) is 0 Å². The molecule has 10 N–H and O–H groups in total. The fourth-order valence-corrected chi connectivity index (χ4v) is 0. The molecule has 0 spiro atoms. The Bertz CT molecular complexity index is 288. The molecule has 0 rings (SSSR count). The van der Waals surface area contributed by atoms with Crippen LogP contribution >= 0.6 is 0 Å². The van der Waals surface area contributed by atoms with E-state index in [-0.39, 0.29) is 22.4 Å². The van der Waals surface area contributed by atoms with E-state index in [4.69, 9.17) is 75.0 Å². The zero-order chi connectivity index (χ0) is 21.4. The van der Waals surface area contributed by atoms with Crippen molar-refractivity contribution in [3.8, 4) is 0 Å². The summed E-state index contributed by atoms with van der Waals surface area (Å²) in [5, 5.41) is 75.1. The van der Waals surface area contributed by atoms with Gasteiger partial charge in [0.15, 0.2) is 0 Å². The normalized spacial score (nSPS) is 7.12. The molecule has 0 aromatic heterocycles. The number of aliphatic carboxylic acids is 5. The van der Waals surface area contributed by atoms with Crippen LogP contribution < -0.4 is 0 Å². The van der Waals surface area contributed by atoms with Crippen LogP contribution in [0.5, 0.6) is 0 Å². The predicted octanol–water partition coefficient (Wildman–Crippen LogP) is -4.69. The van der Waals surface area contributed by atoms with E-state index in [1.54, 1.807) is 0 Å². The van der Waals surface area contributed by atoms with Crippen molar-refractivity contribution >= 4 is 29.8 Å². The van der Waals surface area contributed by atoms with Crippen LogP contribution in [-0.2, 0) is 46.4 Å². The molecule has 0 saturated carbocycles. The number of rotatable bonds is 5. The van der Waals surface area contributed by atoms with Gasteiger partial charge in [-0.1, -0.05) is 0 Å². The molecule has 15 nitrogen and oxygen atoms in total. The SMILES string of the molecule is O=C(O)CO.O=C(O)CO.O=C(O)CO.O=C(O)CO.O=C(O)CO.[Ta]. The van der Waals surface area contributed by atoms with E-state index in [9.17, 15) is 0 Å². The maximum Gasteiger partial charge on any atom is 0.329 e. The van der Waals surface area contributed by atoms with E-state index in [0.717, 1.165) is 0 Å². The van der Waals surface area contributed by atoms with Gasteiger partial charge in [0.25, 0.3) is 0 Å². The van der Waals surface area contributed by atoms with Crippen molar-refractivity contribution in [3.63, 3.8) is 0 Å². The molecule has 0 aliphatic rings. The summed E-state index contributed by atoms with van der Waals surface area (Å²) in [5.41, 5.74) is 0. The van der Waals surface area contributed by atoms with E-state index in [0.29, 0.717) is 0 Å². The van der Waals surface area contributed by atoms with Crippen molar-refractivity contribution in [1.29, 1.82) is 0 Å². The molecule has 155 valence electrons. The molecule has 0 heterocycles. The van der Waals surface area contributed by atoms with Crippen molar-refractivity contribution in [2.45, 2.75) is 0 Å². The van der Waals surface area contributed by atoms with Crippen LogP contribution in [-0.4, -0.2) is 114 Å². The zero-order valence-electron chi connectivity index (χ0n) is 13.0. The second-order valence-corrected chi connectivity index (χ2v) is 2.76. The van der Waals surface area contributed by atoms with E-state index in [2.05, 4.69) is 0 Å². The first-order chi connectivity index (χ1) is 11.4. The van der Waals surface area contributed by atoms with Crippen molar-refractivity contribution in [2.24, 2.45) is 0 Å². The molecule has 1 radical (unpaired) electrons. The van der Waals surface area contributed by atoms with E-state index in [1.807, 2.05) is 0 Å². The summed E-state index contributed by atoms with van der Waals surface area (Å²) in [7, 11) is 0. The summed E-state index contributed by atoms with van der Waals surface area (Å²) in [5.74, 6) is -5.95. The number of aliphatic hydroxyl groups excluding tert-OH is 5. The van der Waals surface area contributed by atoms with Crippen molar-refractivity contribution in [1.82, 2.24) is 0 Å². The molecule has 0 atom stereocenters. The number of hydrogen-bond acceptors (Lipinski definition) is 10. The smallest absolute Gasteiger partial charge is 0.329 e. The van der Waals surface area contributed by atoms with Crippen molar-refractivity contribution in [3.05, 3.63) is 0 Å². The van der Waals surface area contributed by atoms with Gasteiger partial charge in [-0.3, -0.25) is 0 Å². The Morgan fingerprint density at radius 3 is 0.423 bits per heavy atom.